The number of amides is 2. The Morgan fingerprint density at radius 3 is 2.36 bits per heavy atom. The summed E-state index contributed by atoms with van der Waals surface area (Å²) in [5, 5.41) is 6.54. The minimum absolute atomic E-state index is 0.0258. The number of carbonyl (C=O) groups excluding carboxylic acids is 2. The fraction of sp³-hybridized carbons (Fsp3) is 0.263. The molecule has 0 atom stereocenters. The lowest BCUT2D eigenvalue weighted by molar-refractivity contribution is -0.126. The van der Waals surface area contributed by atoms with Gasteiger partial charge in [-0.15, -0.1) is 0 Å². The second kappa shape index (κ2) is 10.1. The predicted molar refractivity (Wildman–Crippen MR) is 101 cm³/mol. The van der Waals surface area contributed by atoms with Crippen LogP contribution >= 0.6 is 23.2 Å². The lowest BCUT2D eigenvalue weighted by Gasteiger charge is -2.08. The normalized spacial score (nSPS) is 10.3. The minimum atomic E-state index is -0.224. The van der Waals surface area contributed by atoms with Crippen LogP contribution in [0.4, 0.5) is 0 Å². The lowest BCUT2D eigenvalue weighted by Crippen LogP contribution is -2.37. The highest BCUT2D eigenvalue weighted by Gasteiger charge is 2.07. The molecule has 2 N–H and O–H groups in total. The Morgan fingerprint density at radius 2 is 1.64 bits per heavy atom. The minimum Gasteiger partial charge on any atom is -0.354 e. The molecule has 25 heavy (non-hydrogen) atoms. The SMILES string of the molecule is O=C(CCc1ccccc1)NCC(=O)NCCc1ccc(Cl)cc1Cl. The quantitative estimate of drug-likeness (QED) is 0.739. The number of halogens is 2. The molecule has 2 rings (SSSR count). The van der Waals surface area contributed by atoms with E-state index in [2.05, 4.69) is 10.6 Å². The molecule has 0 aromatic heterocycles. The standard InChI is InChI=1S/C19H20Cl2N2O2/c20-16-8-7-15(17(21)12-16)10-11-22-19(25)13-23-18(24)9-6-14-4-2-1-3-5-14/h1-5,7-8,12H,6,9-11,13H2,(H,22,25)(H,23,24). The van der Waals surface area contributed by atoms with Crippen LogP contribution in [0.5, 0.6) is 0 Å². The summed E-state index contributed by atoms with van der Waals surface area (Å²) in [6.07, 6.45) is 1.62. The molecule has 2 aromatic carbocycles. The molecule has 0 bridgehead atoms. The highest BCUT2D eigenvalue weighted by Crippen LogP contribution is 2.20. The molecule has 0 aliphatic carbocycles. The Bertz CT molecular complexity index is 721. The van der Waals surface area contributed by atoms with Crippen LogP contribution in [0.15, 0.2) is 48.5 Å². The number of rotatable bonds is 8. The van der Waals surface area contributed by atoms with Crippen molar-refractivity contribution < 1.29 is 9.59 Å². The van der Waals surface area contributed by atoms with Crippen molar-refractivity contribution in [2.75, 3.05) is 13.1 Å². The molecule has 4 nitrogen and oxygen atoms in total. The maximum absolute atomic E-state index is 11.8. The second-order valence-electron chi connectivity index (χ2n) is 5.60. The van der Waals surface area contributed by atoms with Gasteiger partial charge >= 0.3 is 0 Å². The molecule has 0 saturated carbocycles. The molecular weight excluding hydrogens is 359 g/mol. The van der Waals surface area contributed by atoms with E-state index in [4.69, 9.17) is 23.2 Å². The monoisotopic (exact) mass is 378 g/mol. The van der Waals surface area contributed by atoms with Gasteiger partial charge in [-0.2, -0.15) is 0 Å². The molecule has 0 radical (unpaired) electrons. The smallest absolute Gasteiger partial charge is 0.239 e. The Balaban J connectivity index is 1.62. The zero-order valence-corrected chi connectivity index (χ0v) is 15.2. The molecule has 2 aromatic rings. The summed E-state index contributed by atoms with van der Waals surface area (Å²) in [7, 11) is 0. The van der Waals surface area contributed by atoms with E-state index in [1.807, 2.05) is 36.4 Å². The first-order valence-electron chi connectivity index (χ1n) is 8.06. The van der Waals surface area contributed by atoms with E-state index >= 15 is 0 Å². The first kappa shape index (κ1) is 19.3. The van der Waals surface area contributed by atoms with Crippen molar-refractivity contribution in [2.45, 2.75) is 19.3 Å². The average Bonchev–Trinajstić information content (AvgIpc) is 2.61. The van der Waals surface area contributed by atoms with Crippen LogP contribution in [0.25, 0.3) is 0 Å². The third kappa shape index (κ3) is 7.16. The van der Waals surface area contributed by atoms with Crippen molar-refractivity contribution in [3.05, 3.63) is 69.7 Å². The summed E-state index contributed by atoms with van der Waals surface area (Å²) < 4.78 is 0. The van der Waals surface area contributed by atoms with E-state index in [0.29, 0.717) is 35.9 Å². The van der Waals surface area contributed by atoms with E-state index in [1.54, 1.807) is 12.1 Å². The van der Waals surface area contributed by atoms with E-state index in [-0.39, 0.29) is 18.4 Å². The number of nitrogens with one attached hydrogen (secondary N) is 2. The maximum Gasteiger partial charge on any atom is 0.239 e. The van der Waals surface area contributed by atoms with E-state index < -0.39 is 0 Å². The topological polar surface area (TPSA) is 58.2 Å². The summed E-state index contributed by atoms with van der Waals surface area (Å²) in [6.45, 7) is 0.419. The van der Waals surface area contributed by atoms with Crippen LogP contribution in [0.1, 0.15) is 17.5 Å². The molecule has 0 unspecified atom stereocenters. The van der Waals surface area contributed by atoms with Gasteiger partial charge in [0.15, 0.2) is 0 Å². The maximum atomic E-state index is 11.8. The van der Waals surface area contributed by atoms with E-state index in [9.17, 15) is 9.59 Å². The van der Waals surface area contributed by atoms with Crippen LogP contribution in [-0.2, 0) is 22.4 Å². The third-order valence-electron chi connectivity index (χ3n) is 3.66. The first-order chi connectivity index (χ1) is 12.0. The van der Waals surface area contributed by atoms with Crippen LogP contribution in [0, 0.1) is 0 Å². The molecule has 0 spiro atoms. The molecular formula is C19H20Cl2N2O2. The lowest BCUT2D eigenvalue weighted by atomic mass is 10.1. The van der Waals surface area contributed by atoms with Crippen molar-refractivity contribution >= 4 is 35.0 Å². The number of hydrogen-bond acceptors (Lipinski definition) is 2. The van der Waals surface area contributed by atoms with Gasteiger partial charge in [0.1, 0.15) is 0 Å². The number of carbonyl (C=O) groups is 2. The summed E-state index contributed by atoms with van der Waals surface area (Å²) in [5.41, 5.74) is 2.01. The van der Waals surface area contributed by atoms with Crippen molar-refractivity contribution in [3.8, 4) is 0 Å². The zero-order valence-electron chi connectivity index (χ0n) is 13.7. The molecule has 0 aliphatic heterocycles. The predicted octanol–water partition coefficient (Wildman–Crippen LogP) is 3.40. The molecule has 132 valence electrons. The van der Waals surface area contributed by atoms with Gasteiger partial charge in [0.05, 0.1) is 6.54 Å². The first-order valence-corrected chi connectivity index (χ1v) is 8.81. The number of aryl methyl sites for hydroxylation is 1. The molecule has 0 heterocycles. The molecule has 0 aliphatic rings. The Hall–Kier alpha value is -2.04. The van der Waals surface area contributed by atoms with Crippen molar-refractivity contribution in [2.24, 2.45) is 0 Å². The van der Waals surface area contributed by atoms with Crippen LogP contribution in [0.3, 0.4) is 0 Å². The van der Waals surface area contributed by atoms with Gasteiger partial charge < -0.3 is 10.6 Å². The Labute approximate surface area is 157 Å². The van der Waals surface area contributed by atoms with Crippen molar-refractivity contribution in [1.82, 2.24) is 10.6 Å². The van der Waals surface area contributed by atoms with E-state index in [0.717, 1.165) is 11.1 Å². The van der Waals surface area contributed by atoms with Gasteiger partial charge in [0.2, 0.25) is 11.8 Å². The van der Waals surface area contributed by atoms with Gasteiger partial charge in [0.25, 0.3) is 0 Å². The summed E-state index contributed by atoms with van der Waals surface area (Å²) in [4.78, 5) is 23.5. The van der Waals surface area contributed by atoms with Crippen LogP contribution in [-0.4, -0.2) is 24.9 Å². The fourth-order valence-corrected chi connectivity index (χ4v) is 2.80. The van der Waals surface area contributed by atoms with E-state index in [1.165, 1.54) is 0 Å². The third-order valence-corrected chi connectivity index (χ3v) is 4.25. The molecule has 0 saturated heterocycles. The second-order valence-corrected chi connectivity index (χ2v) is 6.44. The molecule has 6 heteroatoms. The van der Waals surface area contributed by atoms with Gasteiger partial charge in [-0.1, -0.05) is 59.6 Å². The van der Waals surface area contributed by atoms with Crippen molar-refractivity contribution in [1.29, 1.82) is 0 Å². The average molecular weight is 379 g/mol. The van der Waals surface area contributed by atoms with Crippen LogP contribution in [0.2, 0.25) is 10.0 Å². The Morgan fingerprint density at radius 1 is 0.880 bits per heavy atom. The highest BCUT2D eigenvalue weighted by molar-refractivity contribution is 6.35. The van der Waals surface area contributed by atoms with Gasteiger partial charge in [-0.3, -0.25) is 9.59 Å². The molecule has 2 amide bonds. The van der Waals surface area contributed by atoms with Gasteiger partial charge in [0, 0.05) is 23.0 Å². The highest BCUT2D eigenvalue weighted by atomic mass is 35.5. The summed E-state index contributed by atoms with van der Waals surface area (Å²) >= 11 is 11.9. The number of benzene rings is 2. The molecule has 0 fully saturated rings. The Kier molecular flexibility index (Phi) is 7.76. The fourth-order valence-electron chi connectivity index (χ4n) is 2.29. The summed E-state index contributed by atoms with van der Waals surface area (Å²) in [6, 6.07) is 15.0. The van der Waals surface area contributed by atoms with Crippen LogP contribution < -0.4 is 10.6 Å². The zero-order chi connectivity index (χ0) is 18.1. The van der Waals surface area contributed by atoms with Gasteiger partial charge in [-0.05, 0) is 36.1 Å². The van der Waals surface area contributed by atoms with Gasteiger partial charge in [-0.25, -0.2) is 0 Å². The number of hydrogen-bond donors (Lipinski definition) is 2. The van der Waals surface area contributed by atoms with Crippen molar-refractivity contribution in [3.63, 3.8) is 0 Å². The largest absolute Gasteiger partial charge is 0.354 e. The summed E-state index contributed by atoms with van der Waals surface area (Å²) in [5.74, 6) is -0.363.